The van der Waals surface area contributed by atoms with Gasteiger partial charge < -0.3 is 9.47 Å². The molecule has 2 aromatic rings. The van der Waals surface area contributed by atoms with Crippen LogP contribution >= 0.6 is 0 Å². The van der Waals surface area contributed by atoms with Crippen molar-refractivity contribution in [1.82, 2.24) is 4.90 Å². The number of likely N-dealkylation sites (tertiary alicyclic amines) is 1. The van der Waals surface area contributed by atoms with E-state index >= 15 is 0 Å². The first-order valence-corrected chi connectivity index (χ1v) is 8.63. The van der Waals surface area contributed by atoms with Crippen LogP contribution in [-0.4, -0.2) is 31.4 Å². The summed E-state index contributed by atoms with van der Waals surface area (Å²) < 4.78 is 50.3. The van der Waals surface area contributed by atoms with Gasteiger partial charge in [-0.05, 0) is 49.2 Å². The minimum absolute atomic E-state index is 0.0608. The molecule has 26 heavy (non-hydrogen) atoms. The molecule has 1 aliphatic rings. The van der Waals surface area contributed by atoms with Crippen molar-refractivity contribution in [3.05, 3.63) is 65.7 Å². The third-order valence-corrected chi connectivity index (χ3v) is 4.62. The summed E-state index contributed by atoms with van der Waals surface area (Å²) in [5.74, 6) is 0.703. The molecule has 0 saturated carbocycles. The lowest BCUT2D eigenvalue weighted by molar-refractivity contribution is -0.137. The van der Waals surface area contributed by atoms with Crippen LogP contribution in [0.25, 0.3) is 0 Å². The summed E-state index contributed by atoms with van der Waals surface area (Å²) in [4.78, 5) is 2.13. The fourth-order valence-electron chi connectivity index (χ4n) is 3.35. The van der Waals surface area contributed by atoms with Crippen LogP contribution in [0.3, 0.4) is 0 Å². The molecule has 0 amide bonds. The van der Waals surface area contributed by atoms with Crippen LogP contribution in [0, 0.1) is 0 Å². The van der Waals surface area contributed by atoms with Crippen molar-refractivity contribution < 1.29 is 22.6 Å². The van der Waals surface area contributed by atoms with E-state index in [4.69, 9.17) is 9.47 Å². The Morgan fingerprint density at radius 1 is 1.12 bits per heavy atom. The Hall–Kier alpha value is -2.05. The Bertz CT molecular complexity index is 706. The van der Waals surface area contributed by atoms with E-state index in [1.54, 1.807) is 13.2 Å². The lowest BCUT2D eigenvalue weighted by atomic mass is 10.0. The van der Waals surface area contributed by atoms with Crippen molar-refractivity contribution >= 4 is 0 Å². The predicted molar refractivity (Wildman–Crippen MR) is 92.9 cm³/mol. The Balaban J connectivity index is 1.71. The van der Waals surface area contributed by atoms with Gasteiger partial charge in [0.1, 0.15) is 5.75 Å². The number of para-hydroxylation sites is 1. The van der Waals surface area contributed by atoms with Crippen molar-refractivity contribution in [1.29, 1.82) is 0 Å². The zero-order valence-corrected chi connectivity index (χ0v) is 14.6. The molecule has 0 radical (unpaired) electrons. The molecule has 0 spiro atoms. The van der Waals surface area contributed by atoms with E-state index in [1.165, 1.54) is 12.1 Å². The fourth-order valence-corrected chi connectivity index (χ4v) is 3.35. The van der Waals surface area contributed by atoms with Gasteiger partial charge in [-0.2, -0.15) is 13.2 Å². The molecule has 0 aliphatic carbocycles. The smallest absolute Gasteiger partial charge is 0.416 e. The number of hydrogen-bond acceptors (Lipinski definition) is 3. The van der Waals surface area contributed by atoms with E-state index in [1.807, 2.05) is 30.3 Å². The lowest BCUT2D eigenvalue weighted by Gasteiger charge is -2.29. The molecule has 1 fully saturated rings. The van der Waals surface area contributed by atoms with E-state index in [0.717, 1.165) is 25.5 Å². The van der Waals surface area contributed by atoms with Gasteiger partial charge in [-0.15, -0.1) is 0 Å². The highest BCUT2D eigenvalue weighted by Gasteiger charge is 2.33. The van der Waals surface area contributed by atoms with Crippen LogP contribution in [0.4, 0.5) is 13.2 Å². The molecule has 1 aliphatic heterocycles. The van der Waals surface area contributed by atoms with E-state index in [0.29, 0.717) is 17.9 Å². The molecule has 0 N–H and O–H groups in total. The van der Waals surface area contributed by atoms with Crippen molar-refractivity contribution in [3.8, 4) is 5.75 Å². The Kier molecular flexibility index (Phi) is 5.84. The molecular formula is C20H22F3NO2. The number of methoxy groups -OCH3 is 1. The summed E-state index contributed by atoms with van der Waals surface area (Å²) in [7, 11) is 1.57. The van der Waals surface area contributed by atoms with Gasteiger partial charge in [-0.1, -0.05) is 30.3 Å². The summed E-state index contributed by atoms with van der Waals surface area (Å²) in [5.41, 5.74) is 0.0811. The van der Waals surface area contributed by atoms with Gasteiger partial charge >= 0.3 is 6.18 Å². The topological polar surface area (TPSA) is 21.7 Å². The molecule has 0 bridgehead atoms. The third kappa shape index (κ3) is 4.56. The minimum atomic E-state index is -4.33. The first-order valence-electron chi connectivity index (χ1n) is 8.63. The lowest BCUT2D eigenvalue weighted by Crippen LogP contribution is -2.36. The number of halogens is 3. The highest BCUT2D eigenvalue weighted by atomic mass is 19.4. The number of alkyl halides is 3. The quantitative estimate of drug-likeness (QED) is 0.680. The summed E-state index contributed by atoms with van der Waals surface area (Å²) in [5, 5.41) is 0. The highest BCUT2D eigenvalue weighted by Crippen LogP contribution is 2.36. The SMILES string of the molecule is COC(CN1CCCC1c1cccc(C(F)(F)F)c1)Oc1ccccc1. The molecule has 3 rings (SSSR count). The van der Waals surface area contributed by atoms with Gasteiger partial charge in [0.25, 0.3) is 0 Å². The van der Waals surface area contributed by atoms with Crippen LogP contribution in [0.5, 0.6) is 5.75 Å². The second-order valence-electron chi connectivity index (χ2n) is 6.37. The van der Waals surface area contributed by atoms with Crippen molar-refractivity contribution in [2.45, 2.75) is 31.3 Å². The number of hydrogen-bond donors (Lipinski definition) is 0. The molecule has 3 nitrogen and oxygen atoms in total. The highest BCUT2D eigenvalue weighted by molar-refractivity contribution is 5.28. The minimum Gasteiger partial charge on any atom is -0.464 e. The number of benzene rings is 2. The van der Waals surface area contributed by atoms with Gasteiger partial charge in [0.05, 0.1) is 12.1 Å². The molecule has 2 unspecified atom stereocenters. The van der Waals surface area contributed by atoms with Crippen LogP contribution in [0.2, 0.25) is 0 Å². The molecule has 140 valence electrons. The van der Waals surface area contributed by atoms with Crippen LogP contribution < -0.4 is 4.74 Å². The summed E-state index contributed by atoms with van der Waals surface area (Å²) >= 11 is 0. The third-order valence-electron chi connectivity index (χ3n) is 4.62. The first-order chi connectivity index (χ1) is 12.5. The molecule has 6 heteroatoms. The maximum Gasteiger partial charge on any atom is 0.416 e. The van der Waals surface area contributed by atoms with E-state index < -0.39 is 18.0 Å². The Morgan fingerprint density at radius 3 is 2.58 bits per heavy atom. The van der Waals surface area contributed by atoms with E-state index in [9.17, 15) is 13.2 Å². The predicted octanol–water partition coefficient (Wildman–Crippen LogP) is 4.89. The molecule has 1 heterocycles. The molecular weight excluding hydrogens is 343 g/mol. The second-order valence-corrected chi connectivity index (χ2v) is 6.37. The Labute approximate surface area is 151 Å². The maximum atomic E-state index is 13.0. The summed E-state index contributed by atoms with van der Waals surface area (Å²) in [6.07, 6.45) is -3.06. The number of nitrogens with zero attached hydrogens (tertiary/aromatic N) is 1. The molecule has 1 saturated heterocycles. The summed E-state index contributed by atoms with van der Waals surface area (Å²) in [6, 6.07) is 14.9. The van der Waals surface area contributed by atoms with Crippen LogP contribution in [0.15, 0.2) is 54.6 Å². The molecule has 0 aromatic heterocycles. The van der Waals surface area contributed by atoms with Gasteiger partial charge in [0, 0.05) is 13.2 Å². The second kappa shape index (κ2) is 8.10. The average molecular weight is 365 g/mol. The zero-order chi connectivity index (χ0) is 18.6. The largest absolute Gasteiger partial charge is 0.464 e. The molecule has 2 aromatic carbocycles. The van der Waals surface area contributed by atoms with Crippen molar-refractivity contribution in [3.63, 3.8) is 0 Å². The molecule has 2 atom stereocenters. The van der Waals surface area contributed by atoms with Gasteiger partial charge in [0.15, 0.2) is 0 Å². The van der Waals surface area contributed by atoms with Crippen molar-refractivity contribution in [2.24, 2.45) is 0 Å². The maximum absolute atomic E-state index is 13.0. The standard InChI is InChI=1S/C20H22F3NO2/c1-25-19(26-17-9-3-2-4-10-17)14-24-12-6-11-18(24)15-7-5-8-16(13-15)20(21,22)23/h2-5,7-10,13,18-19H,6,11-12,14H2,1H3. The fraction of sp³-hybridized carbons (Fsp3) is 0.400. The number of rotatable bonds is 6. The van der Waals surface area contributed by atoms with Crippen LogP contribution in [-0.2, 0) is 10.9 Å². The van der Waals surface area contributed by atoms with Gasteiger partial charge in [-0.25, -0.2) is 0 Å². The van der Waals surface area contributed by atoms with Gasteiger partial charge in [-0.3, -0.25) is 4.90 Å². The monoisotopic (exact) mass is 365 g/mol. The van der Waals surface area contributed by atoms with Crippen molar-refractivity contribution in [2.75, 3.05) is 20.2 Å². The van der Waals surface area contributed by atoms with Crippen LogP contribution in [0.1, 0.15) is 30.0 Å². The zero-order valence-electron chi connectivity index (χ0n) is 14.6. The van der Waals surface area contributed by atoms with Gasteiger partial charge in [0.2, 0.25) is 6.29 Å². The first kappa shape index (κ1) is 18.7. The number of ether oxygens (including phenoxy) is 2. The normalized spacial score (nSPS) is 19.5. The van der Waals surface area contributed by atoms with E-state index in [-0.39, 0.29) is 6.04 Å². The van der Waals surface area contributed by atoms with E-state index in [2.05, 4.69) is 4.90 Å². The Morgan fingerprint density at radius 2 is 1.88 bits per heavy atom. The average Bonchev–Trinajstić information content (AvgIpc) is 3.09. The summed E-state index contributed by atoms with van der Waals surface area (Å²) in [6.45, 7) is 1.30.